The lowest BCUT2D eigenvalue weighted by Crippen LogP contribution is -2.30. The topological polar surface area (TPSA) is 67.2 Å². The quantitative estimate of drug-likeness (QED) is 0.909. The Kier molecular flexibility index (Phi) is 4.17. The summed E-state index contributed by atoms with van der Waals surface area (Å²) in [5.41, 5.74) is 2.97. The Morgan fingerprint density at radius 1 is 1.27 bits per heavy atom. The molecule has 0 saturated carbocycles. The monoisotopic (exact) mass is 320 g/mol. The third-order valence-corrected chi connectivity index (χ3v) is 5.80. The van der Waals surface area contributed by atoms with Crippen LogP contribution in [0.5, 0.6) is 0 Å². The van der Waals surface area contributed by atoms with Crippen molar-refractivity contribution in [2.45, 2.75) is 13.3 Å². The van der Waals surface area contributed by atoms with Crippen LogP contribution in [0.3, 0.4) is 0 Å². The third-order valence-electron chi connectivity index (χ3n) is 3.84. The molecule has 2 heterocycles. The van der Waals surface area contributed by atoms with Gasteiger partial charge in [-0.1, -0.05) is 12.1 Å². The molecular weight excluding hydrogens is 300 g/mol. The van der Waals surface area contributed by atoms with Crippen molar-refractivity contribution < 1.29 is 8.42 Å². The largest absolute Gasteiger partial charge is 0.382 e. The maximum absolute atomic E-state index is 11.8. The van der Waals surface area contributed by atoms with Crippen LogP contribution in [0.15, 0.2) is 36.5 Å². The minimum Gasteiger partial charge on any atom is -0.382 e. The number of rotatable bonds is 5. The Balaban J connectivity index is 1.70. The Hall–Kier alpha value is -1.86. The molecule has 0 atom stereocenters. The molecule has 1 fully saturated rings. The first-order valence-corrected chi connectivity index (χ1v) is 9.00. The Morgan fingerprint density at radius 2 is 2.09 bits per heavy atom. The van der Waals surface area contributed by atoms with Crippen molar-refractivity contribution in [1.82, 2.24) is 14.1 Å². The summed E-state index contributed by atoms with van der Waals surface area (Å²) in [6.07, 6.45) is 2.49. The van der Waals surface area contributed by atoms with E-state index in [1.54, 1.807) is 10.5 Å². The maximum Gasteiger partial charge on any atom is 0.214 e. The van der Waals surface area contributed by atoms with Gasteiger partial charge in [0.2, 0.25) is 10.0 Å². The lowest BCUT2D eigenvalue weighted by molar-refractivity contribution is 0.456. The molecule has 1 aromatic heterocycles. The van der Waals surface area contributed by atoms with Crippen molar-refractivity contribution in [2.24, 2.45) is 0 Å². The lowest BCUT2D eigenvalue weighted by Gasteiger charge is -2.17. The zero-order chi connectivity index (χ0) is 15.6. The summed E-state index contributed by atoms with van der Waals surface area (Å²) in [5.74, 6) is 0.274. The van der Waals surface area contributed by atoms with Crippen LogP contribution < -0.4 is 5.32 Å². The van der Waals surface area contributed by atoms with E-state index in [9.17, 15) is 8.42 Å². The number of nitrogens with one attached hydrogen (secondary N) is 1. The van der Waals surface area contributed by atoms with Gasteiger partial charge in [0.25, 0.3) is 0 Å². The molecule has 0 aliphatic carbocycles. The van der Waals surface area contributed by atoms with Crippen LogP contribution in [0.25, 0.3) is 5.69 Å². The van der Waals surface area contributed by atoms with Crippen LogP contribution in [-0.4, -0.2) is 47.9 Å². The van der Waals surface area contributed by atoms with E-state index in [-0.39, 0.29) is 5.75 Å². The zero-order valence-electron chi connectivity index (χ0n) is 12.6. The van der Waals surface area contributed by atoms with Crippen LogP contribution in [0.2, 0.25) is 0 Å². The van der Waals surface area contributed by atoms with Crippen molar-refractivity contribution in [1.29, 1.82) is 0 Å². The number of nitrogens with zero attached hydrogens (tertiary/aromatic N) is 3. The molecule has 0 amide bonds. The number of benzene rings is 1. The van der Waals surface area contributed by atoms with Gasteiger partial charge in [-0.25, -0.2) is 17.4 Å². The van der Waals surface area contributed by atoms with Gasteiger partial charge in [-0.15, -0.1) is 0 Å². The first kappa shape index (κ1) is 15.1. The molecule has 22 heavy (non-hydrogen) atoms. The van der Waals surface area contributed by atoms with Crippen LogP contribution in [0.1, 0.15) is 12.1 Å². The fourth-order valence-corrected chi connectivity index (χ4v) is 4.22. The van der Waals surface area contributed by atoms with Gasteiger partial charge in [0.05, 0.1) is 17.1 Å². The minimum atomic E-state index is -3.03. The lowest BCUT2D eigenvalue weighted by atomic mass is 10.2. The molecule has 1 aliphatic rings. The van der Waals surface area contributed by atoms with E-state index in [1.807, 2.05) is 41.9 Å². The second-order valence-electron chi connectivity index (χ2n) is 5.40. The molecule has 2 aromatic rings. The summed E-state index contributed by atoms with van der Waals surface area (Å²) < 4.78 is 27.0. The van der Waals surface area contributed by atoms with E-state index in [2.05, 4.69) is 10.4 Å². The predicted molar refractivity (Wildman–Crippen MR) is 86.8 cm³/mol. The van der Waals surface area contributed by atoms with Gasteiger partial charge in [-0.05, 0) is 31.5 Å². The number of anilines is 1. The summed E-state index contributed by atoms with van der Waals surface area (Å²) in [4.78, 5) is 0. The molecule has 7 heteroatoms. The number of hydrogen-bond donors (Lipinski definition) is 1. The SMILES string of the molecule is Cc1ccnn1-c1ccccc1NCCN1CCCS1(=O)=O. The summed E-state index contributed by atoms with van der Waals surface area (Å²) in [6, 6.07) is 9.85. The fourth-order valence-electron chi connectivity index (χ4n) is 2.69. The molecule has 0 spiro atoms. The maximum atomic E-state index is 11.8. The standard InChI is InChI=1S/C15H20N4O2S/c1-13-7-8-17-19(13)15-6-3-2-5-14(15)16-9-11-18-10-4-12-22(18,20)21/h2-3,5-8,16H,4,9-12H2,1H3. The van der Waals surface area contributed by atoms with Gasteiger partial charge in [0.1, 0.15) is 0 Å². The van der Waals surface area contributed by atoms with E-state index in [0.29, 0.717) is 19.6 Å². The molecular formula is C15H20N4O2S. The molecule has 3 rings (SSSR count). The predicted octanol–water partition coefficient (Wildman–Crippen LogP) is 1.63. The zero-order valence-corrected chi connectivity index (χ0v) is 13.4. The number of para-hydroxylation sites is 2. The van der Waals surface area contributed by atoms with Crippen molar-refractivity contribution in [3.8, 4) is 5.69 Å². The van der Waals surface area contributed by atoms with Crippen molar-refractivity contribution >= 4 is 15.7 Å². The van der Waals surface area contributed by atoms with Gasteiger partial charge in [-0.3, -0.25) is 0 Å². The minimum absolute atomic E-state index is 0.274. The average Bonchev–Trinajstić information content (AvgIpc) is 3.05. The van der Waals surface area contributed by atoms with Crippen LogP contribution in [0.4, 0.5) is 5.69 Å². The van der Waals surface area contributed by atoms with Crippen molar-refractivity contribution in [3.63, 3.8) is 0 Å². The highest BCUT2D eigenvalue weighted by Crippen LogP contribution is 2.20. The number of sulfonamides is 1. The Bertz CT molecular complexity index is 754. The molecule has 0 radical (unpaired) electrons. The highest BCUT2D eigenvalue weighted by molar-refractivity contribution is 7.89. The number of hydrogen-bond acceptors (Lipinski definition) is 4. The van der Waals surface area contributed by atoms with Gasteiger partial charge in [0, 0.05) is 31.5 Å². The first-order chi connectivity index (χ1) is 10.6. The normalized spacial score (nSPS) is 17.7. The average molecular weight is 320 g/mol. The van der Waals surface area contributed by atoms with E-state index < -0.39 is 10.0 Å². The van der Waals surface area contributed by atoms with Gasteiger partial charge < -0.3 is 5.32 Å². The number of aromatic nitrogens is 2. The Morgan fingerprint density at radius 3 is 2.77 bits per heavy atom. The molecule has 1 aromatic carbocycles. The second-order valence-corrected chi connectivity index (χ2v) is 7.49. The summed E-state index contributed by atoms with van der Waals surface area (Å²) in [5, 5.41) is 7.65. The van der Waals surface area contributed by atoms with Gasteiger partial charge in [-0.2, -0.15) is 5.10 Å². The van der Waals surface area contributed by atoms with Crippen LogP contribution in [-0.2, 0) is 10.0 Å². The summed E-state index contributed by atoms with van der Waals surface area (Å²) in [6.45, 7) is 3.70. The molecule has 118 valence electrons. The van der Waals surface area contributed by atoms with Gasteiger partial charge in [0.15, 0.2) is 0 Å². The summed E-state index contributed by atoms with van der Waals surface area (Å²) in [7, 11) is -3.03. The Labute approximate surface area is 130 Å². The molecule has 1 aliphatic heterocycles. The molecule has 6 nitrogen and oxygen atoms in total. The van der Waals surface area contributed by atoms with Crippen molar-refractivity contribution in [3.05, 3.63) is 42.2 Å². The van der Waals surface area contributed by atoms with E-state index in [1.165, 1.54) is 0 Å². The van der Waals surface area contributed by atoms with Gasteiger partial charge >= 0.3 is 0 Å². The fraction of sp³-hybridized carbons (Fsp3) is 0.400. The van der Waals surface area contributed by atoms with E-state index in [4.69, 9.17) is 0 Å². The molecule has 0 bridgehead atoms. The second kappa shape index (κ2) is 6.10. The third kappa shape index (κ3) is 3.00. The van der Waals surface area contributed by atoms with Crippen LogP contribution in [0, 0.1) is 6.92 Å². The molecule has 0 unspecified atom stereocenters. The molecule has 1 saturated heterocycles. The van der Waals surface area contributed by atoms with E-state index in [0.717, 1.165) is 23.5 Å². The number of aryl methyl sites for hydroxylation is 1. The molecule has 1 N–H and O–H groups in total. The highest BCUT2D eigenvalue weighted by Gasteiger charge is 2.27. The smallest absolute Gasteiger partial charge is 0.214 e. The van der Waals surface area contributed by atoms with Crippen molar-refractivity contribution in [2.75, 3.05) is 30.7 Å². The summed E-state index contributed by atoms with van der Waals surface area (Å²) >= 11 is 0. The van der Waals surface area contributed by atoms with Crippen LogP contribution >= 0.6 is 0 Å². The first-order valence-electron chi connectivity index (χ1n) is 7.40. The van der Waals surface area contributed by atoms with E-state index >= 15 is 0 Å². The highest BCUT2D eigenvalue weighted by atomic mass is 32.2.